The Bertz CT molecular complexity index is 663. The number of carbonyl (C=O) groups is 1. The van der Waals surface area contributed by atoms with Crippen molar-refractivity contribution in [2.45, 2.75) is 52.0 Å². The normalized spacial score (nSPS) is 18.4. The fourth-order valence-corrected chi connectivity index (χ4v) is 2.59. The van der Waals surface area contributed by atoms with Crippen LogP contribution in [0.25, 0.3) is 0 Å². The van der Waals surface area contributed by atoms with Gasteiger partial charge in [0.25, 0.3) is 0 Å². The van der Waals surface area contributed by atoms with Crippen molar-refractivity contribution in [3.63, 3.8) is 0 Å². The molecule has 0 unspecified atom stereocenters. The number of aromatic nitrogens is 4. The summed E-state index contributed by atoms with van der Waals surface area (Å²) < 4.78 is 9.99. The highest BCUT2D eigenvalue weighted by Gasteiger charge is 2.34. The van der Waals surface area contributed by atoms with Gasteiger partial charge in [0.05, 0.1) is 6.42 Å². The Labute approximate surface area is 127 Å². The van der Waals surface area contributed by atoms with E-state index in [-0.39, 0.29) is 24.3 Å². The van der Waals surface area contributed by atoms with E-state index in [4.69, 9.17) is 4.52 Å². The van der Waals surface area contributed by atoms with Gasteiger partial charge in [-0.3, -0.25) is 4.79 Å². The number of hydrogen-bond donors (Lipinski definition) is 0. The Hall–Kier alpha value is -2.25. The Morgan fingerprint density at radius 1 is 1.36 bits per heavy atom. The molecule has 1 fully saturated rings. The molecule has 0 aromatic carbocycles. The van der Waals surface area contributed by atoms with Crippen molar-refractivity contribution in [1.82, 2.24) is 25.4 Å². The van der Waals surface area contributed by atoms with E-state index in [1.807, 2.05) is 13.8 Å². The van der Waals surface area contributed by atoms with Crippen LogP contribution in [0, 0.1) is 6.92 Å². The summed E-state index contributed by atoms with van der Waals surface area (Å²) in [5.74, 6) is 1.37. The summed E-state index contributed by atoms with van der Waals surface area (Å²) in [5, 5.41) is 11.4. The van der Waals surface area contributed by atoms with Gasteiger partial charge in [-0.2, -0.15) is 4.98 Å². The maximum Gasteiger partial charge on any atom is 0.249 e. The molecule has 0 N–H and O–H groups in total. The minimum atomic E-state index is -0.146. The van der Waals surface area contributed by atoms with Gasteiger partial charge in [0.2, 0.25) is 11.8 Å². The lowest BCUT2D eigenvalue weighted by Gasteiger charge is -2.21. The number of aryl methyl sites for hydroxylation is 1. The lowest BCUT2D eigenvalue weighted by atomic mass is 10.2. The molecule has 0 saturated carbocycles. The number of amides is 1. The minimum absolute atomic E-state index is 0.0226. The van der Waals surface area contributed by atoms with Crippen molar-refractivity contribution in [3.8, 4) is 0 Å². The van der Waals surface area contributed by atoms with E-state index in [9.17, 15) is 4.79 Å². The average molecular weight is 305 g/mol. The molecule has 1 aliphatic heterocycles. The molecule has 1 saturated heterocycles. The fourth-order valence-electron chi connectivity index (χ4n) is 2.59. The zero-order valence-electron chi connectivity index (χ0n) is 12.9. The maximum absolute atomic E-state index is 12.5. The lowest BCUT2D eigenvalue weighted by Crippen LogP contribution is -2.32. The van der Waals surface area contributed by atoms with E-state index >= 15 is 0 Å². The molecule has 1 amide bonds. The number of likely N-dealkylation sites (tertiary alicyclic amines) is 1. The number of carbonyl (C=O) groups excluding carboxylic acids is 1. The van der Waals surface area contributed by atoms with Gasteiger partial charge in [-0.1, -0.05) is 29.3 Å². The van der Waals surface area contributed by atoms with Gasteiger partial charge in [-0.05, 0) is 19.8 Å². The molecule has 2 aromatic heterocycles. The molecule has 8 nitrogen and oxygen atoms in total. The van der Waals surface area contributed by atoms with Crippen LogP contribution < -0.4 is 0 Å². The summed E-state index contributed by atoms with van der Waals surface area (Å²) in [6.45, 7) is 6.47. The Kier molecular flexibility index (Phi) is 3.91. The number of hydrogen-bond acceptors (Lipinski definition) is 7. The molecule has 8 heteroatoms. The monoisotopic (exact) mass is 305 g/mol. The summed E-state index contributed by atoms with van der Waals surface area (Å²) >= 11 is 0. The topological polar surface area (TPSA) is 98.2 Å². The molecular weight excluding hydrogens is 286 g/mol. The van der Waals surface area contributed by atoms with Gasteiger partial charge in [-0.15, -0.1) is 0 Å². The van der Waals surface area contributed by atoms with Crippen LogP contribution in [-0.4, -0.2) is 37.8 Å². The molecular formula is C14H19N5O3. The predicted octanol–water partition coefficient (Wildman–Crippen LogP) is 1.79. The molecule has 0 aliphatic carbocycles. The molecule has 2 aromatic rings. The summed E-state index contributed by atoms with van der Waals surface area (Å²) in [5.41, 5.74) is 1.22. The Morgan fingerprint density at radius 2 is 2.18 bits per heavy atom. The summed E-state index contributed by atoms with van der Waals surface area (Å²) in [7, 11) is 0. The SMILES string of the molecule is Cc1nonc1CC(=O)N1CCC[C@H]1c1nc(C(C)C)no1. The van der Waals surface area contributed by atoms with Crippen LogP contribution in [-0.2, 0) is 11.2 Å². The lowest BCUT2D eigenvalue weighted by molar-refractivity contribution is -0.131. The predicted molar refractivity (Wildman–Crippen MR) is 74.8 cm³/mol. The first-order valence-corrected chi connectivity index (χ1v) is 7.47. The second-order valence-corrected chi connectivity index (χ2v) is 5.86. The van der Waals surface area contributed by atoms with Crippen molar-refractivity contribution in [2.24, 2.45) is 0 Å². The van der Waals surface area contributed by atoms with Gasteiger partial charge in [0.15, 0.2) is 5.82 Å². The van der Waals surface area contributed by atoms with Gasteiger partial charge in [0, 0.05) is 12.5 Å². The van der Waals surface area contributed by atoms with Crippen LogP contribution in [0.2, 0.25) is 0 Å². The highest BCUT2D eigenvalue weighted by Crippen LogP contribution is 2.32. The van der Waals surface area contributed by atoms with E-state index in [2.05, 4.69) is 25.1 Å². The van der Waals surface area contributed by atoms with Gasteiger partial charge >= 0.3 is 0 Å². The van der Waals surface area contributed by atoms with Crippen molar-refractivity contribution in [3.05, 3.63) is 23.1 Å². The highest BCUT2D eigenvalue weighted by molar-refractivity contribution is 5.79. The van der Waals surface area contributed by atoms with Crippen LogP contribution in [0.4, 0.5) is 0 Å². The summed E-state index contributed by atoms with van der Waals surface area (Å²) in [6.07, 6.45) is 1.93. The van der Waals surface area contributed by atoms with Crippen molar-refractivity contribution in [2.75, 3.05) is 6.54 Å². The maximum atomic E-state index is 12.5. The first kappa shape index (κ1) is 14.7. The van der Waals surface area contributed by atoms with Gasteiger partial charge in [0.1, 0.15) is 17.4 Å². The standard InChI is InChI=1S/C14H19N5O3/c1-8(2)13-15-14(21-18-13)11-5-4-6-19(11)12(20)7-10-9(3)16-22-17-10/h8,11H,4-7H2,1-3H3/t11-/m0/s1. The van der Waals surface area contributed by atoms with Crippen LogP contribution in [0.1, 0.15) is 61.8 Å². The highest BCUT2D eigenvalue weighted by atomic mass is 16.6. The fraction of sp³-hybridized carbons (Fsp3) is 0.643. The van der Waals surface area contributed by atoms with Crippen molar-refractivity contribution < 1.29 is 13.9 Å². The van der Waals surface area contributed by atoms with Crippen LogP contribution in [0.3, 0.4) is 0 Å². The third-order valence-electron chi connectivity index (χ3n) is 3.90. The zero-order chi connectivity index (χ0) is 15.7. The molecule has 0 radical (unpaired) electrons. The smallest absolute Gasteiger partial charge is 0.249 e. The number of nitrogens with zero attached hydrogens (tertiary/aromatic N) is 5. The first-order chi connectivity index (χ1) is 10.6. The van der Waals surface area contributed by atoms with Crippen LogP contribution >= 0.6 is 0 Å². The summed E-state index contributed by atoms with van der Waals surface area (Å²) in [6, 6.07) is -0.146. The van der Waals surface area contributed by atoms with E-state index < -0.39 is 0 Å². The van der Waals surface area contributed by atoms with Gasteiger partial charge in [-0.25, -0.2) is 4.63 Å². The molecule has 3 rings (SSSR count). The second-order valence-electron chi connectivity index (χ2n) is 5.86. The molecule has 0 bridgehead atoms. The van der Waals surface area contributed by atoms with Crippen LogP contribution in [0.5, 0.6) is 0 Å². The third-order valence-corrected chi connectivity index (χ3v) is 3.90. The Balaban J connectivity index is 1.74. The zero-order valence-corrected chi connectivity index (χ0v) is 12.9. The first-order valence-electron chi connectivity index (χ1n) is 7.47. The largest absolute Gasteiger partial charge is 0.337 e. The van der Waals surface area contributed by atoms with Gasteiger partial charge < -0.3 is 9.42 Å². The molecule has 3 heterocycles. The second kappa shape index (κ2) is 5.86. The van der Waals surface area contributed by atoms with Crippen molar-refractivity contribution >= 4 is 5.91 Å². The van der Waals surface area contributed by atoms with Crippen molar-refractivity contribution in [1.29, 1.82) is 0 Å². The third kappa shape index (κ3) is 2.72. The molecule has 22 heavy (non-hydrogen) atoms. The molecule has 1 aliphatic rings. The number of rotatable bonds is 4. The molecule has 1 atom stereocenters. The summed E-state index contributed by atoms with van der Waals surface area (Å²) in [4.78, 5) is 18.7. The van der Waals surface area contributed by atoms with E-state index in [0.29, 0.717) is 29.6 Å². The van der Waals surface area contributed by atoms with E-state index in [0.717, 1.165) is 12.8 Å². The minimum Gasteiger partial charge on any atom is -0.337 e. The van der Waals surface area contributed by atoms with E-state index in [1.54, 1.807) is 11.8 Å². The molecule has 0 spiro atoms. The van der Waals surface area contributed by atoms with Crippen LogP contribution in [0.15, 0.2) is 9.15 Å². The van der Waals surface area contributed by atoms with E-state index in [1.165, 1.54) is 0 Å². The quantitative estimate of drug-likeness (QED) is 0.849. The Morgan fingerprint density at radius 3 is 2.82 bits per heavy atom. The molecule has 118 valence electrons. The average Bonchev–Trinajstić information content (AvgIpc) is 3.18.